The first-order valence-corrected chi connectivity index (χ1v) is 6.87. The third-order valence-corrected chi connectivity index (χ3v) is 3.11. The van der Waals surface area contributed by atoms with E-state index in [0.29, 0.717) is 30.9 Å². The van der Waals surface area contributed by atoms with Crippen molar-refractivity contribution < 1.29 is 14.3 Å². The number of carbonyl (C=O) groups is 1. The van der Waals surface area contributed by atoms with Crippen molar-refractivity contribution in [2.75, 3.05) is 19.8 Å². The number of benzene rings is 1. The zero-order valence-corrected chi connectivity index (χ0v) is 11.6. The Morgan fingerprint density at radius 2 is 2.05 bits per heavy atom. The summed E-state index contributed by atoms with van der Waals surface area (Å²) in [7, 11) is 0. The number of ketones is 1. The molecule has 0 saturated carbocycles. The third-order valence-electron chi connectivity index (χ3n) is 3.11. The molecule has 1 heterocycles. The molecule has 104 valence electrons. The van der Waals surface area contributed by atoms with Gasteiger partial charge in [0, 0.05) is 24.4 Å². The van der Waals surface area contributed by atoms with Crippen LogP contribution in [0.25, 0.3) is 0 Å². The normalized spacial score (nSPS) is 15.7. The van der Waals surface area contributed by atoms with Crippen LogP contribution in [0.4, 0.5) is 0 Å². The first-order valence-electron chi connectivity index (χ1n) is 6.87. The van der Waals surface area contributed by atoms with Crippen LogP contribution in [0.1, 0.15) is 37.0 Å². The highest BCUT2D eigenvalue weighted by molar-refractivity contribution is 5.97. The summed E-state index contributed by atoms with van der Waals surface area (Å²) >= 11 is 0. The topological polar surface area (TPSA) is 47.6 Å². The van der Waals surface area contributed by atoms with E-state index in [0.717, 1.165) is 18.7 Å². The van der Waals surface area contributed by atoms with Gasteiger partial charge in [-0.25, -0.2) is 0 Å². The average molecular weight is 263 g/mol. The van der Waals surface area contributed by atoms with Crippen molar-refractivity contribution in [3.8, 4) is 11.5 Å². The fraction of sp³-hybridized carbons (Fsp3) is 0.533. The lowest BCUT2D eigenvalue weighted by atomic mass is 10.0. The van der Waals surface area contributed by atoms with E-state index in [1.807, 2.05) is 26.0 Å². The van der Waals surface area contributed by atoms with Gasteiger partial charge in [-0.2, -0.15) is 0 Å². The average Bonchev–Trinajstić information content (AvgIpc) is 2.63. The Morgan fingerprint density at radius 1 is 1.32 bits per heavy atom. The van der Waals surface area contributed by atoms with Gasteiger partial charge in [0.2, 0.25) is 0 Å². The maximum Gasteiger partial charge on any atom is 0.164 e. The van der Waals surface area contributed by atoms with Gasteiger partial charge in [0.25, 0.3) is 0 Å². The second kappa shape index (κ2) is 6.57. The summed E-state index contributed by atoms with van der Waals surface area (Å²) in [5.41, 5.74) is 0.689. The molecule has 0 fully saturated rings. The minimum atomic E-state index is 0.129. The SMILES string of the molecule is CCNC(C)CC(=O)c1ccc2c(c1)OCCCO2. The molecule has 0 spiro atoms. The van der Waals surface area contributed by atoms with E-state index in [1.165, 1.54) is 0 Å². The molecule has 0 amide bonds. The number of carbonyl (C=O) groups excluding carboxylic acids is 1. The summed E-state index contributed by atoms with van der Waals surface area (Å²) in [6.45, 7) is 6.23. The molecule has 1 N–H and O–H groups in total. The molecule has 1 aromatic rings. The predicted molar refractivity (Wildman–Crippen MR) is 74.1 cm³/mol. The van der Waals surface area contributed by atoms with Gasteiger partial charge in [-0.3, -0.25) is 4.79 Å². The van der Waals surface area contributed by atoms with E-state index in [9.17, 15) is 4.79 Å². The van der Waals surface area contributed by atoms with Crippen molar-refractivity contribution in [1.29, 1.82) is 0 Å². The number of ether oxygens (including phenoxy) is 2. The lowest BCUT2D eigenvalue weighted by Gasteiger charge is -2.12. The summed E-state index contributed by atoms with van der Waals surface area (Å²) < 4.78 is 11.2. The number of hydrogen-bond donors (Lipinski definition) is 1. The maximum atomic E-state index is 12.2. The largest absolute Gasteiger partial charge is 0.490 e. The molecular formula is C15H21NO3. The smallest absolute Gasteiger partial charge is 0.164 e. The Balaban J connectivity index is 2.08. The van der Waals surface area contributed by atoms with Crippen molar-refractivity contribution in [1.82, 2.24) is 5.32 Å². The van der Waals surface area contributed by atoms with Crippen LogP contribution in [0.15, 0.2) is 18.2 Å². The fourth-order valence-electron chi connectivity index (χ4n) is 2.15. The number of Topliss-reactive ketones (excluding diaryl/α,β-unsaturated/α-hetero) is 1. The zero-order chi connectivity index (χ0) is 13.7. The van der Waals surface area contributed by atoms with E-state index in [4.69, 9.17) is 9.47 Å². The molecule has 19 heavy (non-hydrogen) atoms. The summed E-state index contributed by atoms with van der Waals surface area (Å²) in [6.07, 6.45) is 1.36. The molecule has 0 bridgehead atoms. The molecule has 0 saturated heterocycles. The second-order valence-electron chi connectivity index (χ2n) is 4.80. The van der Waals surface area contributed by atoms with Crippen LogP contribution in [0.5, 0.6) is 11.5 Å². The quantitative estimate of drug-likeness (QED) is 0.829. The van der Waals surface area contributed by atoms with Gasteiger partial charge in [0.05, 0.1) is 13.2 Å². The molecule has 0 aromatic heterocycles. The van der Waals surface area contributed by atoms with E-state index < -0.39 is 0 Å². The first kappa shape index (κ1) is 13.9. The Hall–Kier alpha value is -1.55. The second-order valence-corrected chi connectivity index (χ2v) is 4.80. The predicted octanol–water partition coefficient (Wildman–Crippen LogP) is 2.42. The van der Waals surface area contributed by atoms with Crippen LogP contribution >= 0.6 is 0 Å². The van der Waals surface area contributed by atoms with Crippen LogP contribution < -0.4 is 14.8 Å². The number of fused-ring (bicyclic) bond motifs is 1. The highest BCUT2D eigenvalue weighted by atomic mass is 16.5. The Labute approximate surface area is 114 Å². The van der Waals surface area contributed by atoms with Crippen molar-refractivity contribution >= 4 is 5.78 Å². The molecule has 1 aliphatic rings. The maximum absolute atomic E-state index is 12.2. The van der Waals surface area contributed by atoms with Gasteiger partial charge in [-0.15, -0.1) is 0 Å². The monoisotopic (exact) mass is 263 g/mol. The Kier molecular flexibility index (Phi) is 4.80. The Bertz CT molecular complexity index is 445. The van der Waals surface area contributed by atoms with Crippen molar-refractivity contribution in [2.45, 2.75) is 32.7 Å². The van der Waals surface area contributed by atoms with Crippen LogP contribution in [0.2, 0.25) is 0 Å². The molecule has 4 heteroatoms. The molecule has 1 aliphatic heterocycles. The highest BCUT2D eigenvalue weighted by Gasteiger charge is 2.15. The van der Waals surface area contributed by atoms with Gasteiger partial charge in [0.15, 0.2) is 17.3 Å². The minimum absolute atomic E-state index is 0.129. The van der Waals surface area contributed by atoms with Crippen LogP contribution in [0, 0.1) is 0 Å². The van der Waals surface area contributed by atoms with Gasteiger partial charge < -0.3 is 14.8 Å². The lowest BCUT2D eigenvalue weighted by molar-refractivity contribution is 0.0971. The van der Waals surface area contributed by atoms with Gasteiger partial charge >= 0.3 is 0 Å². The number of nitrogens with one attached hydrogen (secondary N) is 1. The van der Waals surface area contributed by atoms with Crippen molar-refractivity contribution in [2.24, 2.45) is 0 Å². The Morgan fingerprint density at radius 3 is 2.79 bits per heavy atom. The molecular weight excluding hydrogens is 242 g/mol. The van der Waals surface area contributed by atoms with Crippen LogP contribution in [-0.4, -0.2) is 31.6 Å². The lowest BCUT2D eigenvalue weighted by Crippen LogP contribution is -2.28. The minimum Gasteiger partial charge on any atom is -0.490 e. The molecule has 2 rings (SSSR count). The van der Waals surface area contributed by atoms with Crippen molar-refractivity contribution in [3.63, 3.8) is 0 Å². The fourth-order valence-corrected chi connectivity index (χ4v) is 2.15. The molecule has 4 nitrogen and oxygen atoms in total. The summed E-state index contributed by atoms with van der Waals surface area (Å²) in [5, 5.41) is 3.24. The van der Waals surface area contributed by atoms with Gasteiger partial charge in [-0.1, -0.05) is 6.92 Å². The van der Waals surface area contributed by atoms with E-state index in [1.54, 1.807) is 6.07 Å². The van der Waals surface area contributed by atoms with Gasteiger partial charge in [0.1, 0.15) is 0 Å². The molecule has 1 aromatic carbocycles. The van der Waals surface area contributed by atoms with Gasteiger partial charge in [-0.05, 0) is 31.7 Å². The molecule has 1 unspecified atom stereocenters. The van der Waals surface area contributed by atoms with Crippen LogP contribution in [-0.2, 0) is 0 Å². The zero-order valence-electron chi connectivity index (χ0n) is 11.6. The first-order chi connectivity index (χ1) is 9.20. The summed E-state index contributed by atoms with van der Waals surface area (Å²) in [6, 6.07) is 5.62. The van der Waals surface area contributed by atoms with E-state index in [-0.39, 0.29) is 11.8 Å². The molecule has 1 atom stereocenters. The van der Waals surface area contributed by atoms with Crippen LogP contribution in [0.3, 0.4) is 0 Å². The number of rotatable bonds is 5. The summed E-state index contributed by atoms with van der Waals surface area (Å²) in [4.78, 5) is 12.2. The van der Waals surface area contributed by atoms with E-state index >= 15 is 0 Å². The molecule has 0 aliphatic carbocycles. The third kappa shape index (κ3) is 3.70. The van der Waals surface area contributed by atoms with Crippen molar-refractivity contribution in [3.05, 3.63) is 23.8 Å². The standard InChI is InChI=1S/C15H21NO3/c1-3-16-11(2)9-13(17)12-5-6-14-15(10-12)19-8-4-7-18-14/h5-6,10-11,16H,3-4,7-9H2,1-2H3. The van der Waals surface area contributed by atoms with E-state index in [2.05, 4.69) is 5.32 Å². The molecule has 0 radical (unpaired) electrons. The highest BCUT2D eigenvalue weighted by Crippen LogP contribution is 2.30. The summed E-state index contributed by atoms with van der Waals surface area (Å²) in [5.74, 6) is 1.54. The number of hydrogen-bond acceptors (Lipinski definition) is 4.